The molecule has 0 amide bonds. The predicted octanol–water partition coefficient (Wildman–Crippen LogP) is 7.16. The van der Waals surface area contributed by atoms with Gasteiger partial charge < -0.3 is 39.4 Å². The molecule has 2 aliphatic rings. The lowest BCUT2D eigenvalue weighted by atomic mass is 9.60. The number of phenolic OH excluding ortho intramolecular Hbond substituents is 4. The van der Waals surface area contributed by atoms with Crippen LogP contribution in [0.4, 0.5) is 0 Å². The van der Waals surface area contributed by atoms with Crippen LogP contribution in [0, 0.1) is 35.5 Å². The maximum absolute atomic E-state index is 13.1. The fourth-order valence-corrected chi connectivity index (χ4v) is 8.37. The summed E-state index contributed by atoms with van der Waals surface area (Å²) in [6, 6.07) is 24.8. The number of carbonyl (C=O) groups excluding carboxylic acids is 4. The largest absolute Gasteiger partial charge is 0.508 e. The number of phenols is 4. The minimum Gasteiger partial charge on any atom is -0.508 e. The summed E-state index contributed by atoms with van der Waals surface area (Å²) < 4.78 is 23.3. The average Bonchev–Trinajstić information content (AvgIpc) is 3.22. The van der Waals surface area contributed by atoms with Crippen LogP contribution in [-0.2, 0) is 41.4 Å². The summed E-state index contributed by atoms with van der Waals surface area (Å²) in [5.74, 6) is -2.00. The molecule has 6 unspecified atom stereocenters. The van der Waals surface area contributed by atoms with Crippen LogP contribution in [0.5, 0.6) is 23.0 Å². The first kappa shape index (κ1) is 41.6. The molecule has 4 aromatic rings. The number of esters is 4. The van der Waals surface area contributed by atoms with E-state index in [-0.39, 0.29) is 115 Å². The second kappa shape index (κ2) is 19.9. The normalized spacial score (nSPS) is 21.7. The van der Waals surface area contributed by atoms with Crippen molar-refractivity contribution in [3.63, 3.8) is 0 Å². The van der Waals surface area contributed by atoms with Crippen LogP contribution in [0.2, 0.25) is 0 Å². The number of aromatic hydroxyl groups is 4. The molecular weight excluding hydrogens is 744 g/mol. The Morgan fingerprint density at radius 2 is 0.862 bits per heavy atom. The summed E-state index contributed by atoms with van der Waals surface area (Å²) in [7, 11) is 0. The van der Waals surface area contributed by atoms with Crippen molar-refractivity contribution in [1.82, 2.24) is 0 Å². The highest BCUT2D eigenvalue weighted by Crippen LogP contribution is 2.48. The van der Waals surface area contributed by atoms with Gasteiger partial charge in [0.1, 0.15) is 23.0 Å². The van der Waals surface area contributed by atoms with E-state index in [9.17, 15) is 39.6 Å². The van der Waals surface area contributed by atoms with Gasteiger partial charge in [-0.25, -0.2) is 9.59 Å². The van der Waals surface area contributed by atoms with E-state index >= 15 is 0 Å². The highest BCUT2D eigenvalue weighted by atomic mass is 16.5. The molecule has 0 radical (unpaired) electrons. The van der Waals surface area contributed by atoms with Crippen molar-refractivity contribution in [1.29, 1.82) is 0 Å². The Hall–Kier alpha value is -6.04. The van der Waals surface area contributed by atoms with E-state index in [0.717, 1.165) is 12.0 Å². The Labute approximate surface area is 337 Å². The van der Waals surface area contributed by atoms with Crippen LogP contribution in [-0.4, -0.2) is 70.7 Å². The third-order valence-corrected chi connectivity index (χ3v) is 11.4. The van der Waals surface area contributed by atoms with Crippen LogP contribution in [0.1, 0.15) is 70.4 Å². The lowest BCUT2D eigenvalue weighted by Crippen LogP contribution is -2.42. The van der Waals surface area contributed by atoms with Crippen molar-refractivity contribution in [3.8, 4) is 23.0 Å². The molecular formula is C46H50O12. The van der Waals surface area contributed by atoms with Crippen molar-refractivity contribution in [2.45, 2.75) is 51.4 Å². The van der Waals surface area contributed by atoms with E-state index in [1.165, 1.54) is 48.5 Å². The van der Waals surface area contributed by atoms with Gasteiger partial charge in [-0.1, -0.05) is 36.4 Å². The van der Waals surface area contributed by atoms with Crippen LogP contribution in [0.15, 0.2) is 97.1 Å². The number of ether oxygens (including phenoxy) is 4. The zero-order valence-corrected chi connectivity index (χ0v) is 32.2. The molecule has 306 valence electrons. The first-order valence-electron chi connectivity index (χ1n) is 19.8. The SMILES string of the molecule is O=C(Cc1ccc(O)cc1)OCC1CCC(COC(=O)Cc2ccc(O)cc2)C(C2CC(COC(=O)c3cccc(O)c3)CCC2COC(=O)c2cccc(O)c2)C1. The number of hydrogen-bond acceptors (Lipinski definition) is 12. The van der Waals surface area contributed by atoms with Crippen molar-refractivity contribution in [2.75, 3.05) is 26.4 Å². The molecule has 12 heteroatoms. The molecule has 2 aliphatic carbocycles. The maximum atomic E-state index is 13.1. The van der Waals surface area contributed by atoms with E-state index in [1.54, 1.807) is 48.5 Å². The standard InChI is InChI=1S/C46H50O12/c47-37-15-9-29(10-16-37)21-43(51)55-25-31-7-13-35(27-56-44(52)22-30-11-17-38(48)18-12-30)41(19-31)42-20-32(26-57-45(53)33-3-1-5-39(49)23-33)8-14-36(42)28-58-46(54)34-4-2-6-40(50)24-34/h1-6,9-12,15-18,23-24,31-32,35-36,41-42,47-50H,7-8,13-14,19-22,25-28H2. The summed E-state index contributed by atoms with van der Waals surface area (Å²) in [4.78, 5) is 52.1. The highest BCUT2D eigenvalue weighted by molar-refractivity contribution is 5.90. The van der Waals surface area contributed by atoms with Gasteiger partial charge >= 0.3 is 23.9 Å². The van der Waals surface area contributed by atoms with E-state index in [1.807, 2.05) is 0 Å². The molecule has 0 bridgehead atoms. The van der Waals surface area contributed by atoms with Crippen molar-refractivity contribution in [3.05, 3.63) is 119 Å². The number of hydrogen-bond donors (Lipinski definition) is 4. The average molecular weight is 795 g/mol. The molecule has 0 aliphatic heterocycles. The molecule has 58 heavy (non-hydrogen) atoms. The van der Waals surface area contributed by atoms with Gasteiger partial charge in [-0.05, 0) is 146 Å². The van der Waals surface area contributed by atoms with Gasteiger partial charge in [0, 0.05) is 0 Å². The van der Waals surface area contributed by atoms with Gasteiger partial charge in [-0.3, -0.25) is 9.59 Å². The van der Waals surface area contributed by atoms with Gasteiger partial charge in [-0.15, -0.1) is 0 Å². The molecule has 2 saturated carbocycles. The lowest BCUT2D eigenvalue weighted by molar-refractivity contribution is -0.149. The molecule has 6 rings (SSSR count). The summed E-state index contributed by atoms with van der Waals surface area (Å²) >= 11 is 0. The minimum atomic E-state index is -0.557. The van der Waals surface area contributed by atoms with Crippen LogP contribution >= 0.6 is 0 Å². The first-order valence-corrected chi connectivity index (χ1v) is 19.8. The smallest absolute Gasteiger partial charge is 0.338 e. The summed E-state index contributed by atoms with van der Waals surface area (Å²) in [6.07, 6.45) is 4.20. The third-order valence-electron chi connectivity index (χ3n) is 11.4. The van der Waals surface area contributed by atoms with E-state index in [0.29, 0.717) is 37.7 Å². The van der Waals surface area contributed by atoms with Gasteiger partial charge in [0.05, 0.1) is 50.4 Å². The molecule has 12 nitrogen and oxygen atoms in total. The number of benzene rings is 4. The molecule has 0 aromatic heterocycles. The Morgan fingerprint density at radius 3 is 1.31 bits per heavy atom. The van der Waals surface area contributed by atoms with Gasteiger partial charge in [0.25, 0.3) is 0 Å². The zero-order chi connectivity index (χ0) is 41.0. The summed E-state index contributed by atoms with van der Waals surface area (Å²) in [5.41, 5.74) is 1.91. The Balaban J connectivity index is 1.18. The topological polar surface area (TPSA) is 186 Å². The molecule has 0 heterocycles. The zero-order valence-electron chi connectivity index (χ0n) is 32.2. The van der Waals surface area contributed by atoms with Gasteiger partial charge in [0.15, 0.2) is 0 Å². The Bertz CT molecular complexity index is 2010. The quantitative estimate of drug-likeness (QED) is 0.0704. The maximum Gasteiger partial charge on any atom is 0.338 e. The number of carbonyl (C=O) groups is 4. The monoisotopic (exact) mass is 794 g/mol. The minimum absolute atomic E-state index is 0.0113. The summed E-state index contributed by atoms with van der Waals surface area (Å²) in [6.45, 7) is 0.636. The lowest BCUT2D eigenvalue weighted by Gasteiger charge is -2.46. The first-order chi connectivity index (χ1) is 28.0. The second-order valence-electron chi connectivity index (χ2n) is 15.6. The molecule has 0 spiro atoms. The second-order valence-corrected chi connectivity index (χ2v) is 15.6. The van der Waals surface area contributed by atoms with Crippen LogP contribution in [0.3, 0.4) is 0 Å². The predicted molar refractivity (Wildman–Crippen MR) is 211 cm³/mol. The highest BCUT2D eigenvalue weighted by Gasteiger charge is 2.43. The van der Waals surface area contributed by atoms with E-state index < -0.39 is 17.9 Å². The van der Waals surface area contributed by atoms with E-state index in [2.05, 4.69) is 0 Å². The van der Waals surface area contributed by atoms with Crippen LogP contribution in [0.25, 0.3) is 0 Å². The van der Waals surface area contributed by atoms with E-state index in [4.69, 9.17) is 18.9 Å². The van der Waals surface area contributed by atoms with Gasteiger partial charge in [-0.2, -0.15) is 0 Å². The molecule has 4 N–H and O–H groups in total. The van der Waals surface area contributed by atoms with Crippen molar-refractivity contribution < 1.29 is 58.6 Å². The molecule has 6 atom stereocenters. The van der Waals surface area contributed by atoms with Crippen molar-refractivity contribution in [2.24, 2.45) is 35.5 Å². The third kappa shape index (κ3) is 12.0. The fourth-order valence-electron chi connectivity index (χ4n) is 8.37. The Kier molecular flexibility index (Phi) is 14.3. The molecule has 0 saturated heterocycles. The molecule has 2 fully saturated rings. The van der Waals surface area contributed by atoms with Gasteiger partial charge in [0.2, 0.25) is 0 Å². The van der Waals surface area contributed by atoms with Crippen molar-refractivity contribution >= 4 is 23.9 Å². The molecule has 4 aromatic carbocycles. The fraction of sp³-hybridized carbons (Fsp3) is 0.391. The Morgan fingerprint density at radius 1 is 0.466 bits per heavy atom. The van der Waals surface area contributed by atoms with Crippen LogP contribution < -0.4 is 0 Å². The number of rotatable bonds is 15. The summed E-state index contributed by atoms with van der Waals surface area (Å²) in [5, 5.41) is 39.1.